The van der Waals surface area contributed by atoms with Crippen LogP contribution in [0.2, 0.25) is 0 Å². The van der Waals surface area contributed by atoms with Crippen molar-refractivity contribution < 1.29 is 14.3 Å². The van der Waals surface area contributed by atoms with Gasteiger partial charge in [-0.2, -0.15) is 0 Å². The number of ether oxygens (including phenoxy) is 2. The molecule has 0 radical (unpaired) electrons. The van der Waals surface area contributed by atoms with Crippen molar-refractivity contribution in [2.24, 2.45) is 0 Å². The van der Waals surface area contributed by atoms with E-state index in [0.717, 1.165) is 29.9 Å². The zero-order chi connectivity index (χ0) is 15.7. The van der Waals surface area contributed by atoms with Crippen LogP contribution in [0.4, 0.5) is 0 Å². The third-order valence-corrected chi connectivity index (χ3v) is 3.13. The van der Waals surface area contributed by atoms with Crippen molar-refractivity contribution in [3.8, 4) is 11.5 Å². The van der Waals surface area contributed by atoms with Crippen LogP contribution in [0.1, 0.15) is 45.2 Å². The quantitative estimate of drug-likeness (QED) is 0.707. The van der Waals surface area contributed by atoms with Crippen molar-refractivity contribution in [2.45, 2.75) is 39.7 Å². The van der Waals surface area contributed by atoms with Crippen molar-refractivity contribution in [1.82, 2.24) is 5.32 Å². The molecule has 0 bridgehead atoms. The van der Waals surface area contributed by atoms with Gasteiger partial charge in [0.2, 0.25) is 5.91 Å². The highest BCUT2D eigenvalue weighted by atomic mass is 35.5. The van der Waals surface area contributed by atoms with Crippen LogP contribution in [0.25, 0.3) is 0 Å². The molecule has 1 N–H and O–H groups in total. The number of carbonyl (C=O) groups excluding carboxylic acids is 1. The highest BCUT2D eigenvalue weighted by molar-refractivity contribution is 6.27. The summed E-state index contributed by atoms with van der Waals surface area (Å²) in [6.45, 7) is 7.31. The minimum Gasteiger partial charge on any atom is -0.490 e. The SMILES string of the molecule is CCCOc1ccc([C@H](C)NC(=O)CCl)cc1OCCC. The number of halogens is 1. The Labute approximate surface area is 131 Å². The molecule has 4 nitrogen and oxygen atoms in total. The Balaban J connectivity index is 2.88. The summed E-state index contributed by atoms with van der Waals surface area (Å²) in [6, 6.07) is 5.61. The second-order valence-corrected chi connectivity index (χ2v) is 5.09. The number of benzene rings is 1. The van der Waals surface area contributed by atoms with Gasteiger partial charge in [0.25, 0.3) is 0 Å². The summed E-state index contributed by atoms with van der Waals surface area (Å²) in [7, 11) is 0. The van der Waals surface area contributed by atoms with E-state index in [-0.39, 0.29) is 17.8 Å². The van der Waals surface area contributed by atoms with Gasteiger partial charge in [-0.25, -0.2) is 0 Å². The van der Waals surface area contributed by atoms with Crippen LogP contribution >= 0.6 is 11.6 Å². The van der Waals surface area contributed by atoms with Crippen LogP contribution in [-0.4, -0.2) is 25.0 Å². The molecule has 1 aromatic carbocycles. The number of carbonyl (C=O) groups is 1. The van der Waals surface area contributed by atoms with Crippen molar-refractivity contribution >= 4 is 17.5 Å². The lowest BCUT2D eigenvalue weighted by Crippen LogP contribution is -2.27. The van der Waals surface area contributed by atoms with Gasteiger partial charge in [0.05, 0.1) is 19.3 Å². The van der Waals surface area contributed by atoms with E-state index >= 15 is 0 Å². The predicted octanol–water partition coefficient (Wildman–Crippen LogP) is 3.68. The third kappa shape index (κ3) is 5.84. The molecule has 0 fully saturated rings. The number of rotatable bonds is 9. The average molecular weight is 314 g/mol. The maximum atomic E-state index is 11.4. The summed E-state index contributed by atoms with van der Waals surface area (Å²) < 4.78 is 11.4. The van der Waals surface area contributed by atoms with Gasteiger partial charge in [0, 0.05) is 0 Å². The molecule has 21 heavy (non-hydrogen) atoms. The van der Waals surface area contributed by atoms with Gasteiger partial charge in [0.15, 0.2) is 11.5 Å². The molecule has 0 aliphatic heterocycles. The standard InChI is InChI=1S/C16H24ClNO3/c1-4-8-20-14-7-6-13(10-15(14)21-9-5-2)12(3)18-16(19)11-17/h6-7,10,12H,4-5,8-9,11H2,1-3H3,(H,18,19)/t12-/m0/s1. The lowest BCUT2D eigenvalue weighted by atomic mass is 10.1. The number of hydrogen-bond acceptors (Lipinski definition) is 3. The largest absolute Gasteiger partial charge is 0.490 e. The molecule has 0 aliphatic carbocycles. The molecule has 1 atom stereocenters. The topological polar surface area (TPSA) is 47.6 Å². The smallest absolute Gasteiger partial charge is 0.235 e. The summed E-state index contributed by atoms with van der Waals surface area (Å²) in [5.74, 6) is 1.23. The molecule has 1 rings (SSSR count). The molecule has 5 heteroatoms. The van der Waals surface area contributed by atoms with Crippen LogP contribution in [0.15, 0.2) is 18.2 Å². The number of amides is 1. The predicted molar refractivity (Wildman–Crippen MR) is 85.3 cm³/mol. The highest BCUT2D eigenvalue weighted by Gasteiger charge is 2.13. The Bertz CT molecular complexity index is 451. The number of nitrogens with one attached hydrogen (secondary N) is 1. The Morgan fingerprint density at radius 1 is 1.19 bits per heavy atom. The first-order valence-corrected chi connectivity index (χ1v) is 7.90. The zero-order valence-electron chi connectivity index (χ0n) is 12.9. The van der Waals surface area contributed by atoms with E-state index in [4.69, 9.17) is 21.1 Å². The second kappa shape index (κ2) is 9.50. The molecule has 0 spiro atoms. The Kier molecular flexibility index (Phi) is 7.98. The Hall–Kier alpha value is -1.42. The maximum Gasteiger partial charge on any atom is 0.235 e. The molecule has 0 aliphatic rings. The van der Waals surface area contributed by atoms with Gasteiger partial charge in [-0.15, -0.1) is 11.6 Å². The van der Waals surface area contributed by atoms with Gasteiger partial charge in [-0.1, -0.05) is 19.9 Å². The fourth-order valence-corrected chi connectivity index (χ4v) is 1.89. The van der Waals surface area contributed by atoms with Gasteiger partial charge in [-0.05, 0) is 37.5 Å². The lowest BCUT2D eigenvalue weighted by molar-refractivity contribution is -0.119. The Morgan fingerprint density at radius 3 is 2.38 bits per heavy atom. The second-order valence-electron chi connectivity index (χ2n) is 4.83. The van der Waals surface area contributed by atoms with Gasteiger partial charge in [-0.3, -0.25) is 4.79 Å². The van der Waals surface area contributed by atoms with E-state index < -0.39 is 0 Å². The average Bonchev–Trinajstić information content (AvgIpc) is 2.50. The molecule has 118 valence electrons. The van der Waals surface area contributed by atoms with E-state index in [1.54, 1.807) is 0 Å². The first-order chi connectivity index (χ1) is 10.1. The van der Waals surface area contributed by atoms with Crippen LogP contribution < -0.4 is 14.8 Å². The summed E-state index contributed by atoms with van der Waals surface area (Å²) >= 11 is 5.51. The van der Waals surface area contributed by atoms with Crippen molar-refractivity contribution in [1.29, 1.82) is 0 Å². The van der Waals surface area contributed by atoms with Crippen LogP contribution in [0.5, 0.6) is 11.5 Å². The minimum atomic E-state index is -0.188. The summed E-state index contributed by atoms with van der Waals surface area (Å²) in [5.41, 5.74) is 0.961. The van der Waals surface area contributed by atoms with Crippen molar-refractivity contribution in [3.05, 3.63) is 23.8 Å². The normalized spacial score (nSPS) is 11.8. The first-order valence-electron chi connectivity index (χ1n) is 7.37. The van der Waals surface area contributed by atoms with E-state index in [9.17, 15) is 4.79 Å². The van der Waals surface area contributed by atoms with E-state index in [2.05, 4.69) is 19.2 Å². The molecule has 0 aromatic heterocycles. The third-order valence-electron chi connectivity index (χ3n) is 2.89. The minimum absolute atomic E-state index is 0.0404. The highest BCUT2D eigenvalue weighted by Crippen LogP contribution is 2.31. The van der Waals surface area contributed by atoms with Gasteiger partial charge < -0.3 is 14.8 Å². The Morgan fingerprint density at radius 2 is 1.81 bits per heavy atom. The zero-order valence-corrected chi connectivity index (χ0v) is 13.7. The van der Waals surface area contributed by atoms with E-state index in [1.807, 2.05) is 25.1 Å². The lowest BCUT2D eigenvalue weighted by Gasteiger charge is -2.17. The van der Waals surface area contributed by atoms with Crippen LogP contribution in [-0.2, 0) is 4.79 Å². The molecular formula is C16H24ClNO3. The molecule has 0 unspecified atom stereocenters. The summed E-state index contributed by atoms with van der Waals surface area (Å²) in [6.07, 6.45) is 1.87. The fourth-order valence-electron chi connectivity index (χ4n) is 1.81. The van der Waals surface area contributed by atoms with Gasteiger partial charge in [0.1, 0.15) is 5.88 Å². The van der Waals surface area contributed by atoms with Gasteiger partial charge >= 0.3 is 0 Å². The van der Waals surface area contributed by atoms with E-state index in [1.165, 1.54) is 0 Å². The maximum absolute atomic E-state index is 11.4. The summed E-state index contributed by atoms with van der Waals surface area (Å²) in [4.78, 5) is 11.4. The monoisotopic (exact) mass is 313 g/mol. The molecule has 0 heterocycles. The molecule has 0 saturated heterocycles. The van der Waals surface area contributed by atoms with Crippen molar-refractivity contribution in [2.75, 3.05) is 19.1 Å². The van der Waals surface area contributed by atoms with Crippen LogP contribution in [0.3, 0.4) is 0 Å². The number of hydrogen-bond donors (Lipinski definition) is 1. The van der Waals surface area contributed by atoms with Crippen molar-refractivity contribution in [3.63, 3.8) is 0 Å². The summed E-state index contributed by atoms with van der Waals surface area (Å²) in [5, 5.41) is 2.82. The molecule has 1 aromatic rings. The number of alkyl halides is 1. The molecule has 0 saturated carbocycles. The molecule has 1 amide bonds. The van der Waals surface area contributed by atoms with E-state index in [0.29, 0.717) is 13.2 Å². The van der Waals surface area contributed by atoms with Crippen LogP contribution in [0, 0.1) is 0 Å². The fraction of sp³-hybridized carbons (Fsp3) is 0.562. The first kappa shape index (κ1) is 17.6. The molecular weight excluding hydrogens is 290 g/mol.